The number of ether oxygens (including phenoxy) is 2. The van der Waals surface area contributed by atoms with Crippen LogP contribution in [0.25, 0.3) is 0 Å². The summed E-state index contributed by atoms with van der Waals surface area (Å²) in [6.07, 6.45) is -2.43. The minimum absolute atomic E-state index is 0.232. The molecule has 1 saturated carbocycles. The largest absolute Gasteiger partial charge is 0.416 e. The van der Waals surface area contributed by atoms with E-state index >= 15 is 0 Å². The number of rotatable bonds is 3. The molecule has 1 spiro atoms. The third-order valence-corrected chi connectivity index (χ3v) is 5.69. The molecule has 2 aliphatic heterocycles. The number of halogens is 3. The number of amides is 2. The van der Waals surface area contributed by atoms with Crippen LogP contribution in [0.4, 0.5) is 18.9 Å². The van der Waals surface area contributed by atoms with Crippen LogP contribution in [0.5, 0.6) is 0 Å². The molecule has 3 aliphatic rings. The summed E-state index contributed by atoms with van der Waals surface area (Å²) < 4.78 is 49.2. The summed E-state index contributed by atoms with van der Waals surface area (Å²) in [6.45, 7) is 2.00. The summed E-state index contributed by atoms with van der Waals surface area (Å²) in [5.41, 5.74) is -1.67. The molecule has 0 radical (unpaired) electrons. The van der Waals surface area contributed by atoms with Crippen molar-refractivity contribution in [3.8, 4) is 0 Å². The summed E-state index contributed by atoms with van der Waals surface area (Å²) in [6, 6.07) is 4.20. The van der Waals surface area contributed by atoms with Gasteiger partial charge in [-0.15, -0.1) is 0 Å². The quantitative estimate of drug-likeness (QED) is 0.796. The van der Waals surface area contributed by atoms with E-state index in [1.165, 1.54) is 12.1 Å². The average Bonchev–Trinajstić information content (AvgIpc) is 3.37. The molecule has 152 valence electrons. The molecule has 0 atom stereocenters. The highest BCUT2D eigenvalue weighted by atomic mass is 19.4. The molecule has 0 bridgehead atoms. The van der Waals surface area contributed by atoms with Crippen molar-refractivity contribution in [1.82, 2.24) is 4.90 Å². The normalized spacial score (nSPS) is 22.9. The molecule has 1 aromatic rings. The molecule has 4 rings (SSSR count). The fourth-order valence-corrected chi connectivity index (χ4v) is 3.80. The predicted octanol–water partition coefficient (Wildman–Crippen LogP) is 2.79. The lowest BCUT2D eigenvalue weighted by Gasteiger charge is -2.38. The Bertz CT molecular complexity index is 758. The number of nitrogens with zero attached hydrogens (tertiary/aromatic N) is 1. The van der Waals surface area contributed by atoms with Crippen LogP contribution in [0.3, 0.4) is 0 Å². The van der Waals surface area contributed by atoms with E-state index in [1.807, 2.05) is 0 Å². The minimum atomic E-state index is -4.44. The number of benzene rings is 1. The van der Waals surface area contributed by atoms with Gasteiger partial charge in [0.05, 0.1) is 18.8 Å². The molecular weight excluding hydrogens is 377 g/mol. The van der Waals surface area contributed by atoms with Crippen LogP contribution in [-0.4, -0.2) is 48.8 Å². The zero-order valence-corrected chi connectivity index (χ0v) is 15.2. The monoisotopic (exact) mass is 398 g/mol. The van der Waals surface area contributed by atoms with Crippen LogP contribution in [0, 0.1) is 5.41 Å². The number of carbonyl (C=O) groups excluding carboxylic acids is 2. The Labute approximate surface area is 160 Å². The molecular formula is C19H21F3N2O4. The Morgan fingerprint density at radius 2 is 1.54 bits per heavy atom. The Kier molecular flexibility index (Phi) is 4.62. The molecule has 2 amide bonds. The van der Waals surface area contributed by atoms with E-state index in [1.54, 1.807) is 4.90 Å². The number of nitrogens with one attached hydrogen (secondary N) is 1. The third-order valence-electron chi connectivity index (χ3n) is 5.69. The summed E-state index contributed by atoms with van der Waals surface area (Å²) in [5, 5.41) is 2.59. The van der Waals surface area contributed by atoms with Gasteiger partial charge in [0.15, 0.2) is 5.79 Å². The third kappa shape index (κ3) is 3.48. The first-order valence-corrected chi connectivity index (χ1v) is 9.30. The van der Waals surface area contributed by atoms with Gasteiger partial charge in [-0.25, -0.2) is 0 Å². The highest BCUT2D eigenvalue weighted by Crippen LogP contribution is 2.49. The van der Waals surface area contributed by atoms with Crippen LogP contribution in [0.1, 0.15) is 31.2 Å². The number of hydrogen-bond acceptors (Lipinski definition) is 4. The van der Waals surface area contributed by atoms with Gasteiger partial charge in [0, 0.05) is 31.6 Å². The van der Waals surface area contributed by atoms with Crippen molar-refractivity contribution in [2.75, 3.05) is 31.6 Å². The number of hydrogen-bond donors (Lipinski definition) is 1. The van der Waals surface area contributed by atoms with E-state index in [-0.39, 0.29) is 11.6 Å². The van der Waals surface area contributed by atoms with Gasteiger partial charge >= 0.3 is 6.18 Å². The maximum Gasteiger partial charge on any atom is 0.416 e. The first kappa shape index (κ1) is 19.2. The SMILES string of the molecule is O=C(Nc1ccc(C(F)(F)F)cc1)C1(C(=O)N2CCC3(CC2)OCCO3)CC1. The van der Waals surface area contributed by atoms with Gasteiger partial charge in [-0.05, 0) is 37.1 Å². The van der Waals surface area contributed by atoms with Gasteiger partial charge in [-0.1, -0.05) is 0 Å². The molecule has 1 aliphatic carbocycles. The highest BCUT2D eigenvalue weighted by Gasteiger charge is 2.58. The molecule has 28 heavy (non-hydrogen) atoms. The highest BCUT2D eigenvalue weighted by molar-refractivity contribution is 6.13. The summed E-state index contributed by atoms with van der Waals surface area (Å²) in [7, 11) is 0. The average molecular weight is 398 g/mol. The fraction of sp³-hybridized carbons (Fsp3) is 0.579. The molecule has 2 heterocycles. The topological polar surface area (TPSA) is 67.9 Å². The first-order chi connectivity index (χ1) is 13.2. The number of anilines is 1. The molecule has 0 aromatic heterocycles. The standard InChI is InChI=1S/C19H21F3N2O4/c20-19(21,22)13-1-3-14(4-2-13)23-15(25)17(5-6-17)16(26)24-9-7-18(8-10-24)27-11-12-28-18/h1-4H,5-12H2,(H,23,25). The number of piperidine rings is 1. The van der Waals surface area contributed by atoms with Crippen LogP contribution in [0.2, 0.25) is 0 Å². The van der Waals surface area contributed by atoms with Crippen molar-refractivity contribution in [3.63, 3.8) is 0 Å². The van der Waals surface area contributed by atoms with E-state index in [4.69, 9.17) is 9.47 Å². The molecule has 1 aromatic carbocycles. The second kappa shape index (κ2) is 6.73. The summed E-state index contributed by atoms with van der Waals surface area (Å²) >= 11 is 0. The Balaban J connectivity index is 1.38. The zero-order valence-electron chi connectivity index (χ0n) is 15.2. The number of carbonyl (C=O) groups is 2. The van der Waals surface area contributed by atoms with Gasteiger partial charge in [-0.2, -0.15) is 13.2 Å². The summed E-state index contributed by atoms with van der Waals surface area (Å²) in [5.74, 6) is -1.30. The van der Waals surface area contributed by atoms with Gasteiger partial charge in [-0.3, -0.25) is 9.59 Å². The van der Waals surface area contributed by atoms with Crippen molar-refractivity contribution in [2.45, 2.75) is 37.6 Å². The first-order valence-electron chi connectivity index (χ1n) is 9.30. The van der Waals surface area contributed by atoms with E-state index in [2.05, 4.69) is 5.32 Å². The number of likely N-dealkylation sites (tertiary alicyclic amines) is 1. The van der Waals surface area contributed by atoms with Crippen LogP contribution in [-0.2, 0) is 25.2 Å². The molecule has 0 unspecified atom stereocenters. The Morgan fingerprint density at radius 3 is 2.04 bits per heavy atom. The van der Waals surface area contributed by atoms with Crippen molar-refractivity contribution in [3.05, 3.63) is 29.8 Å². The Morgan fingerprint density at radius 1 is 0.964 bits per heavy atom. The van der Waals surface area contributed by atoms with E-state index < -0.39 is 28.8 Å². The van der Waals surface area contributed by atoms with E-state index in [0.717, 1.165) is 12.1 Å². The van der Waals surface area contributed by atoms with Crippen molar-refractivity contribution >= 4 is 17.5 Å². The molecule has 3 fully saturated rings. The molecule has 2 saturated heterocycles. The van der Waals surface area contributed by atoms with Crippen molar-refractivity contribution < 1.29 is 32.2 Å². The van der Waals surface area contributed by atoms with Crippen LogP contribution < -0.4 is 5.32 Å². The molecule has 1 N–H and O–H groups in total. The van der Waals surface area contributed by atoms with E-state index in [9.17, 15) is 22.8 Å². The number of alkyl halides is 3. The lowest BCUT2D eigenvalue weighted by molar-refractivity contribution is -0.188. The maximum absolute atomic E-state index is 12.9. The second-order valence-electron chi connectivity index (χ2n) is 7.51. The van der Waals surface area contributed by atoms with Gasteiger partial charge in [0.25, 0.3) is 0 Å². The fourth-order valence-electron chi connectivity index (χ4n) is 3.80. The Hall–Kier alpha value is -2.13. The minimum Gasteiger partial charge on any atom is -0.347 e. The van der Waals surface area contributed by atoms with Crippen molar-refractivity contribution in [1.29, 1.82) is 0 Å². The van der Waals surface area contributed by atoms with Gasteiger partial charge < -0.3 is 19.7 Å². The predicted molar refractivity (Wildman–Crippen MR) is 92.2 cm³/mol. The van der Waals surface area contributed by atoms with Crippen LogP contribution >= 0.6 is 0 Å². The van der Waals surface area contributed by atoms with Crippen LogP contribution in [0.15, 0.2) is 24.3 Å². The van der Waals surface area contributed by atoms with E-state index in [0.29, 0.717) is 52.0 Å². The second-order valence-corrected chi connectivity index (χ2v) is 7.51. The molecule has 6 nitrogen and oxygen atoms in total. The van der Waals surface area contributed by atoms with Crippen molar-refractivity contribution in [2.24, 2.45) is 5.41 Å². The van der Waals surface area contributed by atoms with Gasteiger partial charge in [0.2, 0.25) is 11.8 Å². The lowest BCUT2D eigenvalue weighted by Crippen LogP contribution is -2.51. The summed E-state index contributed by atoms with van der Waals surface area (Å²) in [4.78, 5) is 27.3. The lowest BCUT2D eigenvalue weighted by atomic mass is 9.98. The van der Waals surface area contributed by atoms with Gasteiger partial charge in [0.1, 0.15) is 5.41 Å². The molecule has 9 heteroatoms. The maximum atomic E-state index is 12.9. The zero-order chi connectivity index (χ0) is 20.0. The smallest absolute Gasteiger partial charge is 0.347 e.